The fourth-order valence-corrected chi connectivity index (χ4v) is 4.50. The predicted octanol–water partition coefficient (Wildman–Crippen LogP) is 2.13. The Morgan fingerprint density at radius 2 is 1.95 bits per heavy atom. The van der Waals surface area contributed by atoms with Crippen molar-refractivity contribution in [3.05, 3.63) is 29.3 Å². The molecule has 3 aliphatic rings. The number of hydrogen-bond acceptors (Lipinski definition) is 3. The van der Waals surface area contributed by atoms with Gasteiger partial charge in [0, 0.05) is 44.0 Å². The van der Waals surface area contributed by atoms with Gasteiger partial charge in [-0.2, -0.15) is 0 Å². The van der Waals surface area contributed by atoms with Crippen LogP contribution in [0.5, 0.6) is 0 Å². The summed E-state index contributed by atoms with van der Waals surface area (Å²) in [5, 5.41) is 0. The van der Waals surface area contributed by atoms with E-state index >= 15 is 0 Å². The Morgan fingerprint density at radius 1 is 1.20 bits per heavy atom. The standard InChI is InChI=1S/C17H25N3/c1-19-7-6-13-8-12(2-5-17(13)19)11-20-15-3-4-16(20)10-14(18)9-15/h2,5,8,14-16H,3-4,6-7,9-11,18H2,1H3. The number of hydrogen-bond donors (Lipinski definition) is 1. The highest BCUT2D eigenvalue weighted by Crippen LogP contribution is 2.37. The van der Waals surface area contributed by atoms with Gasteiger partial charge in [-0.3, -0.25) is 4.90 Å². The topological polar surface area (TPSA) is 32.5 Å². The second kappa shape index (κ2) is 4.74. The lowest BCUT2D eigenvalue weighted by Crippen LogP contribution is -2.46. The predicted molar refractivity (Wildman–Crippen MR) is 83.0 cm³/mol. The zero-order valence-electron chi connectivity index (χ0n) is 12.4. The molecular formula is C17H25N3. The number of fused-ring (bicyclic) bond motifs is 3. The molecular weight excluding hydrogens is 246 g/mol. The van der Waals surface area contributed by atoms with Crippen molar-refractivity contribution in [2.75, 3.05) is 18.5 Å². The summed E-state index contributed by atoms with van der Waals surface area (Å²) in [5.74, 6) is 0. The van der Waals surface area contributed by atoms with Crippen LogP contribution in [0.15, 0.2) is 18.2 Å². The number of nitrogens with two attached hydrogens (primary N) is 1. The van der Waals surface area contributed by atoms with E-state index in [2.05, 4.69) is 35.0 Å². The lowest BCUT2D eigenvalue weighted by molar-refractivity contribution is 0.120. The van der Waals surface area contributed by atoms with Gasteiger partial charge in [0.1, 0.15) is 0 Å². The second-order valence-electron chi connectivity index (χ2n) is 6.92. The van der Waals surface area contributed by atoms with E-state index in [1.165, 1.54) is 55.5 Å². The summed E-state index contributed by atoms with van der Waals surface area (Å²) >= 11 is 0. The van der Waals surface area contributed by atoms with Gasteiger partial charge in [-0.15, -0.1) is 0 Å². The molecule has 1 aromatic carbocycles. The zero-order chi connectivity index (χ0) is 13.7. The average Bonchev–Trinajstić information content (AvgIpc) is 2.89. The molecule has 2 bridgehead atoms. The lowest BCUT2D eigenvalue weighted by atomic mass is 9.97. The van der Waals surface area contributed by atoms with Crippen molar-refractivity contribution in [2.24, 2.45) is 5.73 Å². The van der Waals surface area contributed by atoms with E-state index in [4.69, 9.17) is 5.73 Å². The molecule has 0 spiro atoms. The number of anilines is 1. The molecule has 3 heterocycles. The smallest absolute Gasteiger partial charge is 0.0397 e. The maximum Gasteiger partial charge on any atom is 0.0397 e. The Kier molecular flexibility index (Phi) is 3.00. The van der Waals surface area contributed by atoms with E-state index in [1.54, 1.807) is 0 Å². The number of rotatable bonds is 2. The van der Waals surface area contributed by atoms with Crippen LogP contribution in [0.2, 0.25) is 0 Å². The van der Waals surface area contributed by atoms with Crippen LogP contribution in [0.1, 0.15) is 36.8 Å². The lowest BCUT2D eigenvalue weighted by Gasteiger charge is -2.37. The Balaban J connectivity index is 1.53. The van der Waals surface area contributed by atoms with Crippen LogP contribution in [0.25, 0.3) is 0 Å². The van der Waals surface area contributed by atoms with Crippen molar-refractivity contribution in [1.29, 1.82) is 0 Å². The number of piperidine rings is 1. The van der Waals surface area contributed by atoms with Gasteiger partial charge in [0.25, 0.3) is 0 Å². The van der Waals surface area contributed by atoms with Crippen molar-refractivity contribution in [3.63, 3.8) is 0 Å². The second-order valence-corrected chi connectivity index (χ2v) is 6.92. The molecule has 0 saturated carbocycles. The van der Waals surface area contributed by atoms with Crippen molar-refractivity contribution in [3.8, 4) is 0 Å². The number of nitrogens with zero attached hydrogens (tertiary/aromatic N) is 2. The van der Waals surface area contributed by atoms with E-state index in [1.807, 2.05) is 0 Å². The number of likely N-dealkylation sites (N-methyl/N-ethyl adjacent to an activating group) is 1. The van der Waals surface area contributed by atoms with Gasteiger partial charge >= 0.3 is 0 Å². The Morgan fingerprint density at radius 3 is 2.70 bits per heavy atom. The van der Waals surface area contributed by atoms with E-state index < -0.39 is 0 Å². The normalized spacial score (nSPS) is 32.7. The number of benzene rings is 1. The molecule has 2 atom stereocenters. The van der Waals surface area contributed by atoms with Gasteiger partial charge in [-0.1, -0.05) is 12.1 Å². The third kappa shape index (κ3) is 2.04. The van der Waals surface area contributed by atoms with Crippen LogP contribution in [0, 0.1) is 0 Å². The molecule has 3 heteroatoms. The molecule has 0 aliphatic carbocycles. The molecule has 4 rings (SSSR count). The van der Waals surface area contributed by atoms with Gasteiger partial charge in [-0.05, 0) is 49.3 Å². The quantitative estimate of drug-likeness (QED) is 0.894. The van der Waals surface area contributed by atoms with Crippen LogP contribution in [-0.4, -0.2) is 36.6 Å². The van der Waals surface area contributed by atoms with E-state index in [0.717, 1.165) is 18.6 Å². The van der Waals surface area contributed by atoms with Crippen LogP contribution in [0.4, 0.5) is 5.69 Å². The van der Waals surface area contributed by atoms with Gasteiger partial charge in [0.2, 0.25) is 0 Å². The molecule has 2 N–H and O–H groups in total. The highest BCUT2D eigenvalue weighted by atomic mass is 15.2. The summed E-state index contributed by atoms with van der Waals surface area (Å²) in [6.45, 7) is 2.29. The third-order valence-corrected chi connectivity index (χ3v) is 5.56. The van der Waals surface area contributed by atoms with Crippen LogP contribution in [0.3, 0.4) is 0 Å². The summed E-state index contributed by atoms with van der Waals surface area (Å²) in [6, 6.07) is 8.99. The van der Waals surface area contributed by atoms with Crippen molar-refractivity contribution >= 4 is 5.69 Å². The highest BCUT2D eigenvalue weighted by molar-refractivity contribution is 5.58. The largest absolute Gasteiger partial charge is 0.374 e. The van der Waals surface area contributed by atoms with Gasteiger partial charge in [0.15, 0.2) is 0 Å². The summed E-state index contributed by atoms with van der Waals surface area (Å²) in [4.78, 5) is 5.09. The Bertz CT molecular complexity index is 499. The first-order chi connectivity index (χ1) is 9.70. The van der Waals surface area contributed by atoms with Gasteiger partial charge in [0.05, 0.1) is 0 Å². The molecule has 0 amide bonds. The first kappa shape index (κ1) is 12.7. The summed E-state index contributed by atoms with van der Waals surface area (Å²) in [7, 11) is 2.19. The maximum atomic E-state index is 6.17. The molecule has 20 heavy (non-hydrogen) atoms. The summed E-state index contributed by atoms with van der Waals surface area (Å²) in [6.07, 6.45) is 6.31. The Hall–Kier alpha value is -1.06. The SMILES string of the molecule is CN1CCc2cc(CN3C4CCC3CC(N)C4)ccc21. The molecule has 108 valence electrons. The monoisotopic (exact) mass is 271 g/mol. The minimum atomic E-state index is 0.442. The zero-order valence-corrected chi connectivity index (χ0v) is 12.4. The van der Waals surface area contributed by atoms with Crippen molar-refractivity contribution < 1.29 is 0 Å². The summed E-state index contributed by atoms with van der Waals surface area (Å²) < 4.78 is 0. The van der Waals surface area contributed by atoms with Gasteiger partial charge in [-0.25, -0.2) is 0 Å². The molecule has 2 saturated heterocycles. The van der Waals surface area contributed by atoms with Crippen LogP contribution in [-0.2, 0) is 13.0 Å². The average molecular weight is 271 g/mol. The van der Waals surface area contributed by atoms with Crippen molar-refractivity contribution in [2.45, 2.75) is 56.8 Å². The van der Waals surface area contributed by atoms with Crippen LogP contribution >= 0.6 is 0 Å². The molecule has 3 nitrogen and oxygen atoms in total. The third-order valence-electron chi connectivity index (χ3n) is 5.56. The maximum absolute atomic E-state index is 6.17. The Labute approximate surface area is 121 Å². The molecule has 2 unspecified atom stereocenters. The van der Waals surface area contributed by atoms with Gasteiger partial charge < -0.3 is 10.6 Å². The minimum Gasteiger partial charge on any atom is -0.374 e. The van der Waals surface area contributed by atoms with Crippen molar-refractivity contribution in [1.82, 2.24) is 4.90 Å². The van der Waals surface area contributed by atoms with E-state index in [-0.39, 0.29) is 0 Å². The summed E-state index contributed by atoms with van der Waals surface area (Å²) in [5.41, 5.74) is 10.6. The molecule has 3 aliphatic heterocycles. The highest BCUT2D eigenvalue weighted by Gasteiger charge is 2.39. The molecule has 1 aromatic rings. The van der Waals surface area contributed by atoms with E-state index in [9.17, 15) is 0 Å². The molecule has 0 aromatic heterocycles. The van der Waals surface area contributed by atoms with E-state index in [0.29, 0.717) is 6.04 Å². The minimum absolute atomic E-state index is 0.442. The molecule has 0 radical (unpaired) electrons. The van der Waals surface area contributed by atoms with Crippen LogP contribution < -0.4 is 10.6 Å². The first-order valence-electron chi connectivity index (χ1n) is 8.05. The fraction of sp³-hybridized carbons (Fsp3) is 0.647. The molecule has 2 fully saturated rings. The fourth-order valence-electron chi connectivity index (χ4n) is 4.50. The first-order valence-corrected chi connectivity index (χ1v) is 8.05.